The summed E-state index contributed by atoms with van der Waals surface area (Å²) in [6.07, 6.45) is 5.00. The Hall–Kier alpha value is -3.88. The average molecular weight is 586 g/mol. The number of aromatic carboxylic acids is 1. The third kappa shape index (κ3) is 5.29. The molecule has 6 rings (SSSR count). The molecule has 2 fully saturated rings. The number of hydrogen-bond acceptors (Lipinski definition) is 4. The minimum Gasteiger partial charge on any atom is -0.478 e. The lowest BCUT2D eigenvalue weighted by atomic mass is 9.91. The molecular formula is C32H32ClN5O2S. The average Bonchev–Trinajstić information content (AvgIpc) is 3.57. The van der Waals surface area contributed by atoms with Gasteiger partial charge in [-0.25, -0.2) is 4.79 Å². The molecule has 2 N–H and O–H groups in total. The quantitative estimate of drug-likeness (QED) is 0.239. The van der Waals surface area contributed by atoms with Gasteiger partial charge in [0, 0.05) is 42.6 Å². The van der Waals surface area contributed by atoms with Crippen LogP contribution in [-0.2, 0) is 0 Å². The van der Waals surface area contributed by atoms with E-state index in [9.17, 15) is 9.90 Å². The summed E-state index contributed by atoms with van der Waals surface area (Å²) < 4.78 is 2.07. The van der Waals surface area contributed by atoms with Crippen molar-refractivity contribution in [2.75, 3.05) is 22.9 Å². The maximum Gasteiger partial charge on any atom is 0.335 e. The van der Waals surface area contributed by atoms with Crippen molar-refractivity contribution in [2.24, 2.45) is 11.8 Å². The third-order valence-electron chi connectivity index (χ3n) is 7.99. The molecule has 0 amide bonds. The number of carboxylic acids is 1. The van der Waals surface area contributed by atoms with E-state index in [0.29, 0.717) is 22.0 Å². The summed E-state index contributed by atoms with van der Waals surface area (Å²) >= 11 is 12.9. The second-order valence-electron chi connectivity index (χ2n) is 11.1. The number of pyridine rings is 1. The molecule has 7 nitrogen and oxygen atoms in total. The maximum atomic E-state index is 11.4. The van der Waals surface area contributed by atoms with Gasteiger partial charge in [0.25, 0.3) is 0 Å². The zero-order valence-corrected chi connectivity index (χ0v) is 24.5. The highest BCUT2D eigenvalue weighted by Crippen LogP contribution is 2.44. The van der Waals surface area contributed by atoms with Crippen LogP contribution in [0.5, 0.6) is 0 Å². The number of carbonyl (C=O) groups is 1. The zero-order valence-electron chi connectivity index (χ0n) is 22.9. The first-order valence-corrected chi connectivity index (χ1v) is 14.6. The highest BCUT2D eigenvalue weighted by Gasteiger charge is 2.42. The first-order chi connectivity index (χ1) is 19.8. The van der Waals surface area contributed by atoms with Crippen LogP contribution in [0.25, 0.3) is 5.69 Å². The molecule has 41 heavy (non-hydrogen) atoms. The first kappa shape index (κ1) is 27.3. The fraction of sp³-hybridized carbons (Fsp3) is 0.281. The van der Waals surface area contributed by atoms with Gasteiger partial charge in [-0.05, 0) is 97.2 Å². The molecule has 0 radical (unpaired) electrons. The number of thiocarbonyl (C=S) groups is 1. The Kier molecular flexibility index (Phi) is 7.45. The molecule has 0 unspecified atom stereocenters. The van der Waals surface area contributed by atoms with E-state index in [0.717, 1.165) is 41.5 Å². The van der Waals surface area contributed by atoms with Gasteiger partial charge in [-0.1, -0.05) is 31.5 Å². The minimum absolute atomic E-state index is 0.224. The van der Waals surface area contributed by atoms with Gasteiger partial charge in [0.2, 0.25) is 0 Å². The third-order valence-corrected chi connectivity index (χ3v) is 8.61. The van der Waals surface area contributed by atoms with Crippen molar-refractivity contribution < 1.29 is 9.90 Å². The van der Waals surface area contributed by atoms with Gasteiger partial charge >= 0.3 is 5.97 Å². The standard InChI is InChI=1S/C32H32ClN5O2S/c1-20-16-21(2)19-36(18-20)27-13-12-24(17-25(27)33)38-30(29(35-32(38)41)26-6-3-4-14-34-26)28-7-5-15-37(28)23-10-8-22(9-11-23)31(39)40/h3-15,17,20-21,29-30H,16,18-19H2,1-2H3,(H,35,41)(H,39,40)/t20-,21+,29-,30+/m0/s1. The van der Waals surface area contributed by atoms with Crippen molar-refractivity contribution in [1.29, 1.82) is 0 Å². The minimum atomic E-state index is -0.954. The zero-order chi connectivity index (χ0) is 28.7. The Morgan fingerprint density at radius 1 is 1.00 bits per heavy atom. The SMILES string of the molecule is C[C@@H]1C[C@H](C)CN(c2ccc(N3C(=S)N[C@@H](c4ccccn4)[C@H]3c3cccn3-c3ccc(C(=O)O)cc3)cc2Cl)C1. The summed E-state index contributed by atoms with van der Waals surface area (Å²) in [4.78, 5) is 20.6. The fourth-order valence-electron chi connectivity index (χ4n) is 6.33. The molecule has 2 saturated heterocycles. The van der Waals surface area contributed by atoms with Crippen LogP contribution in [-0.4, -0.2) is 38.8 Å². The Morgan fingerprint density at radius 3 is 2.39 bits per heavy atom. The highest BCUT2D eigenvalue weighted by atomic mass is 35.5. The van der Waals surface area contributed by atoms with E-state index in [-0.39, 0.29) is 17.6 Å². The van der Waals surface area contributed by atoms with Crippen molar-refractivity contribution in [3.05, 3.63) is 107 Å². The van der Waals surface area contributed by atoms with Crippen LogP contribution in [0.3, 0.4) is 0 Å². The molecule has 0 aliphatic carbocycles. The maximum absolute atomic E-state index is 11.4. The summed E-state index contributed by atoms with van der Waals surface area (Å²) in [5.41, 5.74) is 4.89. The number of carboxylic acid groups (broad SMARTS) is 1. The summed E-state index contributed by atoms with van der Waals surface area (Å²) in [5.74, 6) is 0.279. The van der Waals surface area contributed by atoms with Crippen molar-refractivity contribution in [1.82, 2.24) is 14.9 Å². The smallest absolute Gasteiger partial charge is 0.335 e. The number of hydrogen-bond donors (Lipinski definition) is 2. The second kappa shape index (κ2) is 11.2. The summed E-state index contributed by atoms with van der Waals surface area (Å²) in [6, 6.07) is 22.6. The summed E-state index contributed by atoms with van der Waals surface area (Å²) in [5, 5.41) is 14.2. The lowest BCUT2D eigenvalue weighted by molar-refractivity contribution is 0.0697. The van der Waals surface area contributed by atoms with E-state index in [1.54, 1.807) is 18.3 Å². The molecule has 2 aliphatic heterocycles. The molecule has 9 heteroatoms. The van der Waals surface area contributed by atoms with Crippen LogP contribution >= 0.6 is 23.8 Å². The predicted molar refractivity (Wildman–Crippen MR) is 167 cm³/mol. The van der Waals surface area contributed by atoms with Crippen LogP contribution in [0.2, 0.25) is 5.02 Å². The number of nitrogens with zero attached hydrogens (tertiary/aromatic N) is 4. The molecule has 4 aromatic rings. The Bertz CT molecular complexity index is 1560. The first-order valence-electron chi connectivity index (χ1n) is 13.9. The largest absolute Gasteiger partial charge is 0.478 e. The highest BCUT2D eigenvalue weighted by molar-refractivity contribution is 7.80. The van der Waals surface area contributed by atoms with Crippen molar-refractivity contribution in [3.63, 3.8) is 0 Å². The number of halogens is 1. The van der Waals surface area contributed by atoms with Crippen LogP contribution < -0.4 is 15.1 Å². The van der Waals surface area contributed by atoms with Crippen molar-refractivity contribution in [3.8, 4) is 5.69 Å². The van der Waals surface area contributed by atoms with Crippen LogP contribution in [0, 0.1) is 11.8 Å². The molecule has 4 heterocycles. The van der Waals surface area contributed by atoms with E-state index in [2.05, 4.69) is 56.7 Å². The number of anilines is 2. The van der Waals surface area contributed by atoms with Gasteiger partial charge in [0.15, 0.2) is 5.11 Å². The predicted octanol–water partition coefficient (Wildman–Crippen LogP) is 6.88. The number of benzene rings is 2. The molecule has 210 valence electrons. The Morgan fingerprint density at radius 2 is 1.73 bits per heavy atom. The van der Waals surface area contributed by atoms with E-state index in [1.807, 2.05) is 48.7 Å². The van der Waals surface area contributed by atoms with Gasteiger partial charge in [0.1, 0.15) is 6.04 Å². The fourth-order valence-corrected chi connectivity index (χ4v) is 6.97. The van der Waals surface area contributed by atoms with Gasteiger partial charge in [-0.15, -0.1) is 0 Å². The summed E-state index contributed by atoms with van der Waals surface area (Å²) in [6.45, 7) is 6.58. The van der Waals surface area contributed by atoms with Gasteiger partial charge < -0.3 is 24.8 Å². The van der Waals surface area contributed by atoms with Crippen molar-refractivity contribution in [2.45, 2.75) is 32.4 Å². The van der Waals surface area contributed by atoms with E-state index >= 15 is 0 Å². The topological polar surface area (TPSA) is 73.6 Å². The molecule has 2 aliphatic rings. The number of aromatic nitrogens is 2. The Labute approximate surface area is 250 Å². The van der Waals surface area contributed by atoms with E-state index in [1.165, 1.54) is 6.42 Å². The van der Waals surface area contributed by atoms with Crippen LogP contribution in [0.1, 0.15) is 54.1 Å². The molecule has 2 aromatic carbocycles. The lowest BCUT2D eigenvalue weighted by Crippen LogP contribution is -2.38. The van der Waals surface area contributed by atoms with Crippen LogP contribution in [0.4, 0.5) is 11.4 Å². The molecule has 0 saturated carbocycles. The molecule has 0 bridgehead atoms. The van der Waals surface area contributed by atoms with Gasteiger partial charge in [-0.3, -0.25) is 4.98 Å². The number of rotatable bonds is 6. The number of nitrogens with one attached hydrogen (secondary N) is 1. The van der Waals surface area contributed by atoms with Gasteiger partial charge in [-0.2, -0.15) is 0 Å². The van der Waals surface area contributed by atoms with Crippen molar-refractivity contribution >= 4 is 46.3 Å². The summed E-state index contributed by atoms with van der Waals surface area (Å²) in [7, 11) is 0. The lowest BCUT2D eigenvalue weighted by Gasteiger charge is -2.37. The molecular weight excluding hydrogens is 554 g/mol. The van der Waals surface area contributed by atoms with Crippen LogP contribution in [0.15, 0.2) is 85.2 Å². The Balaban J connectivity index is 1.41. The van der Waals surface area contributed by atoms with E-state index in [4.69, 9.17) is 23.8 Å². The van der Waals surface area contributed by atoms with Gasteiger partial charge in [0.05, 0.1) is 28.0 Å². The van der Waals surface area contributed by atoms with E-state index < -0.39 is 5.97 Å². The normalized spacial score (nSPS) is 22.6. The molecule has 0 spiro atoms. The monoisotopic (exact) mass is 585 g/mol. The molecule has 2 aromatic heterocycles. The number of piperidine rings is 1. The second-order valence-corrected chi connectivity index (χ2v) is 11.9. The molecule has 4 atom stereocenters.